The van der Waals surface area contributed by atoms with Gasteiger partial charge in [0, 0.05) is 6.42 Å². The fourth-order valence-corrected chi connectivity index (χ4v) is 10.1. The Morgan fingerprint density at radius 1 is 0.449 bits per heavy atom. The van der Waals surface area contributed by atoms with E-state index in [-0.39, 0.29) is 12.5 Å². The van der Waals surface area contributed by atoms with Crippen molar-refractivity contribution >= 4 is 5.91 Å². The number of amides is 1. The molecule has 452 valence electrons. The summed E-state index contributed by atoms with van der Waals surface area (Å²) in [6.45, 7) is 3.66. The molecule has 0 aromatic rings. The third-order valence-corrected chi connectivity index (χ3v) is 15.2. The lowest BCUT2D eigenvalue weighted by molar-refractivity contribution is -0.302. The summed E-state index contributed by atoms with van der Waals surface area (Å²) >= 11 is 0. The first-order valence-corrected chi connectivity index (χ1v) is 32.8. The molecule has 1 aliphatic rings. The predicted molar refractivity (Wildman–Crippen MR) is 332 cm³/mol. The Balaban J connectivity index is 2.07. The molecule has 7 unspecified atom stereocenters. The molecule has 1 amide bonds. The fourth-order valence-electron chi connectivity index (χ4n) is 10.1. The van der Waals surface area contributed by atoms with Gasteiger partial charge in [-0.05, 0) is 77.0 Å². The predicted octanol–water partition coefficient (Wildman–Crippen LogP) is 17.4. The molecule has 0 radical (unpaired) electrons. The Labute approximate surface area is 480 Å². The van der Waals surface area contributed by atoms with Gasteiger partial charge in [0.25, 0.3) is 0 Å². The topological polar surface area (TPSA) is 149 Å². The van der Waals surface area contributed by atoms with Crippen molar-refractivity contribution in [2.75, 3.05) is 13.2 Å². The number of allylic oxidation sites excluding steroid dienone is 13. The summed E-state index contributed by atoms with van der Waals surface area (Å²) in [5, 5.41) is 54.5. The van der Waals surface area contributed by atoms with E-state index in [2.05, 4.69) is 92.1 Å². The maximum Gasteiger partial charge on any atom is 0.220 e. The van der Waals surface area contributed by atoms with E-state index in [0.29, 0.717) is 6.42 Å². The van der Waals surface area contributed by atoms with Gasteiger partial charge in [-0.25, -0.2) is 0 Å². The third kappa shape index (κ3) is 46.0. The normalized spacial score (nSPS) is 19.2. The zero-order valence-electron chi connectivity index (χ0n) is 50.4. The van der Waals surface area contributed by atoms with E-state index in [1.54, 1.807) is 6.08 Å². The Morgan fingerprint density at radius 3 is 1.23 bits per heavy atom. The first-order chi connectivity index (χ1) is 38.3. The van der Waals surface area contributed by atoms with Crippen molar-refractivity contribution in [2.45, 2.75) is 333 Å². The SMILES string of the molecule is CC/C=C\C/C=C\C/C=C\C/C=C\C/C=C\CCCCCCCCCCCCCCCCCCCCCCCCCC(=O)NC(COC1OC(CO)C(O)C(O)C1O)C(O)/C=C/CC/C=C/CCCCCCCCCCCC. The Kier molecular flexibility index (Phi) is 54.2. The minimum absolute atomic E-state index is 0.184. The molecule has 6 N–H and O–H groups in total. The zero-order chi connectivity index (χ0) is 56.5. The molecular weight excluding hydrogens is 971 g/mol. The number of rotatable bonds is 56. The quantitative estimate of drug-likeness (QED) is 0.0261. The number of aliphatic hydroxyl groups is 5. The fraction of sp³-hybridized carbons (Fsp3) is 0.783. The van der Waals surface area contributed by atoms with Crippen LogP contribution in [0.1, 0.15) is 290 Å². The molecule has 78 heavy (non-hydrogen) atoms. The van der Waals surface area contributed by atoms with Gasteiger partial charge in [-0.15, -0.1) is 0 Å². The first-order valence-electron chi connectivity index (χ1n) is 32.8. The highest BCUT2D eigenvalue weighted by atomic mass is 16.7. The van der Waals surface area contributed by atoms with Crippen LogP contribution >= 0.6 is 0 Å². The van der Waals surface area contributed by atoms with E-state index in [9.17, 15) is 30.3 Å². The van der Waals surface area contributed by atoms with Crippen LogP contribution in [0.3, 0.4) is 0 Å². The van der Waals surface area contributed by atoms with Crippen LogP contribution in [0.5, 0.6) is 0 Å². The summed E-state index contributed by atoms with van der Waals surface area (Å²) in [5.74, 6) is -0.184. The van der Waals surface area contributed by atoms with Crippen LogP contribution < -0.4 is 5.32 Å². The molecule has 0 saturated carbocycles. The molecule has 7 atom stereocenters. The molecule has 1 rings (SSSR count). The largest absolute Gasteiger partial charge is 0.394 e. The number of carbonyl (C=O) groups excluding carboxylic acids is 1. The van der Waals surface area contributed by atoms with Crippen molar-refractivity contribution in [1.82, 2.24) is 5.32 Å². The molecule has 1 saturated heterocycles. The number of hydrogen-bond acceptors (Lipinski definition) is 8. The van der Waals surface area contributed by atoms with Crippen molar-refractivity contribution < 1.29 is 39.8 Å². The monoisotopic (exact) mass is 1090 g/mol. The maximum absolute atomic E-state index is 13.1. The average molecular weight is 1090 g/mol. The lowest BCUT2D eigenvalue weighted by atomic mass is 9.99. The summed E-state index contributed by atoms with van der Waals surface area (Å²) in [5.41, 5.74) is 0. The van der Waals surface area contributed by atoms with Gasteiger partial charge in [0.05, 0.1) is 25.4 Å². The second-order valence-electron chi connectivity index (χ2n) is 22.5. The Hall–Kier alpha value is -2.63. The van der Waals surface area contributed by atoms with Crippen LogP contribution in [0.2, 0.25) is 0 Å². The van der Waals surface area contributed by atoms with Gasteiger partial charge < -0.3 is 40.3 Å². The number of hydrogen-bond donors (Lipinski definition) is 6. The second kappa shape index (κ2) is 57.6. The van der Waals surface area contributed by atoms with Crippen molar-refractivity contribution in [3.63, 3.8) is 0 Å². The summed E-state index contributed by atoms with van der Waals surface area (Å²) in [4.78, 5) is 13.1. The third-order valence-electron chi connectivity index (χ3n) is 15.2. The second-order valence-corrected chi connectivity index (χ2v) is 22.5. The lowest BCUT2D eigenvalue weighted by Crippen LogP contribution is -2.60. The highest BCUT2D eigenvalue weighted by Gasteiger charge is 2.44. The van der Waals surface area contributed by atoms with E-state index in [1.807, 2.05) is 6.08 Å². The van der Waals surface area contributed by atoms with E-state index >= 15 is 0 Å². The minimum Gasteiger partial charge on any atom is -0.394 e. The molecule has 0 aliphatic carbocycles. The molecule has 0 aromatic heterocycles. The van der Waals surface area contributed by atoms with Gasteiger partial charge in [0.1, 0.15) is 24.4 Å². The molecular formula is C69H123NO8. The Morgan fingerprint density at radius 2 is 0.808 bits per heavy atom. The van der Waals surface area contributed by atoms with Crippen molar-refractivity contribution in [3.8, 4) is 0 Å². The summed E-state index contributed by atoms with van der Waals surface area (Å²) in [7, 11) is 0. The number of nitrogens with one attached hydrogen (secondary N) is 1. The number of ether oxygens (including phenoxy) is 2. The zero-order valence-corrected chi connectivity index (χ0v) is 50.4. The van der Waals surface area contributed by atoms with Crippen LogP contribution in [0, 0.1) is 0 Å². The van der Waals surface area contributed by atoms with Gasteiger partial charge in [-0.1, -0.05) is 292 Å². The van der Waals surface area contributed by atoms with Gasteiger partial charge in [-0.2, -0.15) is 0 Å². The molecule has 1 heterocycles. The van der Waals surface area contributed by atoms with Crippen LogP contribution in [0.25, 0.3) is 0 Å². The molecule has 0 aromatic carbocycles. The van der Waals surface area contributed by atoms with Gasteiger partial charge in [0.2, 0.25) is 5.91 Å². The van der Waals surface area contributed by atoms with Gasteiger partial charge in [0.15, 0.2) is 6.29 Å². The van der Waals surface area contributed by atoms with Crippen LogP contribution in [-0.4, -0.2) is 87.5 Å². The highest BCUT2D eigenvalue weighted by molar-refractivity contribution is 5.76. The molecule has 9 nitrogen and oxygen atoms in total. The van der Waals surface area contributed by atoms with E-state index in [1.165, 1.54) is 199 Å². The average Bonchev–Trinajstić information content (AvgIpc) is 3.45. The van der Waals surface area contributed by atoms with Crippen LogP contribution in [0.15, 0.2) is 85.1 Å². The lowest BCUT2D eigenvalue weighted by Gasteiger charge is -2.40. The van der Waals surface area contributed by atoms with E-state index < -0.39 is 49.5 Å². The summed E-state index contributed by atoms with van der Waals surface area (Å²) < 4.78 is 11.3. The van der Waals surface area contributed by atoms with Crippen molar-refractivity contribution in [1.29, 1.82) is 0 Å². The van der Waals surface area contributed by atoms with Crippen molar-refractivity contribution in [3.05, 3.63) is 85.1 Å². The van der Waals surface area contributed by atoms with Crippen molar-refractivity contribution in [2.24, 2.45) is 0 Å². The number of aliphatic hydroxyl groups excluding tert-OH is 5. The standard InChI is InChI=1S/C69H123NO8/c1-3-5-7-9-11-13-15-17-19-21-22-23-24-25-26-27-28-29-30-31-32-33-34-35-36-37-38-39-40-41-42-43-45-47-49-51-53-55-57-59-65(73)70-62(61-77-69-68(76)67(75)66(74)64(60-71)78-69)63(72)58-56-54-52-50-48-46-44-20-18-16-14-12-10-8-6-4-2/h5,7,11,13,17,19,22-23,25-26,48,50,56,58,62-64,66-69,71-72,74-76H,3-4,6,8-10,12,14-16,18,20-21,24,27-47,49,51-55,57,59-61H2,1-2H3,(H,70,73)/b7-5-,13-11-,19-17-,23-22-,26-25-,50-48+,58-56+. The number of carbonyl (C=O) groups is 1. The summed E-state index contributed by atoms with van der Waals surface area (Å²) in [6.07, 6.45) is 75.5. The maximum atomic E-state index is 13.1. The van der Waals surface area contributed by atoms with E-state index in [4.69, 9.17) is 9.47 Å². The van der Waals surface area contributed by atoms with Gasteiger partial charge in [-0.3, -0.25) is 4.79 Å². The highest BCUT2D eigenvalue weighted by Crippen LogP contribution is 2.23. The first kappa shape index (κ1) is 73.4. The summed E-state index contributed by atoms with van der Waals surface area (Å²) in [6, 6.07) is -0.823. The molecule has 0 spiro atoms. The number of unbranched alkanes of at least 4 members (excludes halogenated alkanes) is 34. The van der Waals surface area contributed by atoms with Gasteiger partial charge >= 0.3 is 0 Å². The minimum atomic E-state index is -1.57. The van der Waals surface area contributed by atoms with Crippen LogP contribution in [0.4, 0.5) is 0 Å². The van der Waals surface area contributed by atoms with E-state index in [0.717, 1.165) is 70.6 Å². The van der Waals surface area contributed by atoms with Crippen LogP contribution in [-0.2, 0) is 14.3 Å². The Bertz CT molecular complexity index is 1500. The molecule has 1 fully saturated rings. The molecule has 9 heteroatoms. The molecule has 0 bridgehead atoms. The smallest absolute Gasteiger partial charge is 0.220 e. The molecule has 1 aliphatic heterocycles.